The fraction of sp³-hybridized carbons (Fsp3) is 0.385. The number of carbonyl (C=O) groups is 2. The minimum absolute atomic E-state index is 0.0126. The lowest BCUT2D eigenvalue weighted by Gasteiger charge is -2.37. The number of nitrogens with one attached hydrogen (secondary N) is 1. The number of aryl methyl sites for hydroxylation is 2. The van der Waals surface area contributed by atoms with Gasteiger partial charge in [0.25, 0.3) is 5.91 Å². The van der Waals surface area contributed by atoms with Gasteiger partial charge >= 0.3 is 5.97 Å². The average molecular weight is 533 g/mol. The van der Waals surface area contributed by atoms with E-state index in [1.807, 2.05) is 40.0 Å². The molecule has 10 heteroatoms. The molecule has 0 radical (unpaired) electrons. The number of sulfone groups is 1. The number of hydrogen-bond donors (Lipinski definition) is 1. The van der Waals surface area contributed by atoms with E-state index in [0.717, 1.165) is 22.0 Å². The van der Waals surface area contributed by atoms with E-state index in [-0.39, 0.29) is 28.9 Å². The first-order valence-corrected chi connectivity index (χ1v) is 13.5. The van der Waals surface area contributed by atoms with E-state index in [9.17, 15) is 18.0 Å². The summed E-state index contributed by atoms with van der Waals surface area (Å²) in [7, 11) is -2.05. The van der Waals surface area contributed by atoms with Gasteiger partial charge in [0.15, 0.2) is 15.6 Å². The van der Waals surface area contributed by atoms with Crippen LogP contribution in [0.25, 0.3) is 10.9 Å². The molecule has 1 aromatic heterocycles. The molecular weight excluding hydrogens is 504 g/mol. The number of hydrogen-bond acceptors (Lipinski definition) is 6. The Labute approximate surface area is 215 Å². The molecule has 36 heavy (non-hydrogen) atoms. The molecule has 1 amide bonds. The first kappa shape index (κ1) is 26.2. The van der Waals surface area contributed by atoms with Gasteiger partial charge in [0.1, 0.15) is 12.3 Å². The maximum atomic E-state index is 13.0. The van der Waals surface area contributed by atoms with Gasteiger partial charge in [-0.3, -0.25) is 9.59 Å². The molecule has 1 atom stereocenters. The Morgan fingerprint density at radius 2 is 1.86 bits per heavy atom. The second-order valence-electron chi connectivity index (χ2n) is 9.76. The lowest BCUT2D eigenvalue weighted by atomic mass is 9.90. The summed E-state index contributed by atoms with van der Waals surface area (Å²) < 4.78 is 37.4. The van der Waals surface area contributed by atoms with Crippen LogP contribution in [0.1, 0.15) is 41.5 Å². The molecule has 1 aliphatic rings. The monoisotopic (exact) mass is 532 g/mol. The molecule has 1 saturated heterocycles. The van der Waals surface area contributed by atoms with Crippen molar-refractivity contribution in [1.29, 1.82) is 0 Å². The summed E-state index contributed by atoms with van der Waals surface area (Å²) >= 11 is 6.36. The fourth-order valence-electron chi connectivity index (χ4n) is 4.12. The number of fused-ring (bicyclic) bond motifs is 1. The highest BCUT2D eigenvalue weighted by molar-refractivity contribution is 7.92. The molecule has 4 rings (SSSR count). The maximum absolute atomic E-state index is 13.0. The van der Waals surface area contributed by atoms with Gasteiger partial charge in [0.2, 0.25) is 0 Å². The number of halogens is 1. The van der Waals surface area contributed by atoms with Gasteiger partial charge in [-0.1, -0.05) is 30.7 Å². The molecule has 3 aromatic rings. The number of nitrogens with zero attached hydrogens (tertiary/aromatic N) is 1. The molecule has 0 spiro atoms. The molecule has 1 aliphatic heterocycles. The molecule has 0 bridgehead atoms. The van der Waals surface area contributed by atoms with Gasteiger partial charge in [-0.2, -0.15) is 0 Å². The highest BCUT2D eigenvalue weighted by Gasteiger charge is 2.35. The van der Waals surface area contributed by atoms with Crippen LogP contribution in [-0.4, -0.2) is 50.4 Å². The Hall–Kier alpha value is -2.88. The zero-order valence-electron chi connectivity index (χ0n) is 20.6. The third-order valence-electron chi connectivity index (χ3n) is 6.37. The van der Waals surface area contributed by atoms with Crippen molar-refractivity contribution in [2.75, 3.05) is 25.6 Å². The van der Waals surface area contributed by atoms with Crippen LogP contribution in [0.3, 0.4) is 0 Å². The normalized spacial score (nSPS) is 15.8. The molecule has 1 N–H and O–H groups in total. The van der Waals surface area contributed by atoms with Crippen molar-refractivity contribution in [3.63, 3.8) is 0 Å². The Morgan fingerprint density at radius 1 is 1.19 bits per heavy atom. The summed E-state index contributed by atoms with van der Waals surface area (Å²) in [6.07, 6.45) is 0. The number of aromatic nitrogens is 1. The van der Waals surface area contributed by atoms with Crippen LogP contribution >= 0.6 is 11.6 Å². The molecule has 0 saturated carbocycles. The number of carbonyl (C=O) groups excluding carboxylic acids is 2. The molecule has 1 fully saturated rings. The lowest BCUT2D eigenvalue weighted by molar-refractivity contribution is -0.162. The van der Waals surface area contributed by atoms with Gasteiger partial charge in [-0.15, -0.1) is 0 Å². The minimum Gasteiger partial charge on any atom is -0.464 e. The van der Waals surface area contributed by atoms with E-state index in [2.05, 4.69) is 5.32 Å². The Balaban J connectivity index is 1.41. The van der Waals surface area contributed by atoms with E-state index >= 15 is 0 Å². The van der Waals surface area contributed by atoms with Crippen molar-refractivity contribution in [3.05, 3.63) is 64.3 Å². The lowest BCUT2D eigenvalue weighted by Crippen LogP contribution is -2.44. The Kier molecular flexibility index (Phi) is 7.19. The summed E-state index contributed by atoms with van der Waals surface area (Å²) in [6, 6.07) is 11.3. The minimum atomic E-state index is -3.86. The van der Waals surface area contributed by atoms with E-state index in [4.69, 9.17) is 21.1 Å². The van der Waals surface area contributed by atoms with Crippen LogP contribution in [-0.2, 0) is 31.2 Å². The zero-order chi connectivity index (χ0) is 26.3. The predicted molar refractivity (Wildman–Crippen MR) is 137 cm³/mol. The van der Waals surface area contributed by atoms with Gasteiger partial charge < -0.3 is 19.4 Å². The molecule has 192 valence electrons. The highest BCUT2D eigenvalue weighted by atomic mass is 35.5. The first-order chi connectivity index (χ1) is 16.9. The molecule has 2 aromatic carbocycles. The van der Waals surface area contributed by atoms with Crippen molar-refractivity contribution in [3.8, 4) is 0 Å². The fourth-order valence-corrected chi connectivity index (χ4v) is 5.56. The van der Waals surface area contributed by atoms with E-state index in [1.54, 1.807) is 22.8 Å². The molecule has 8 nitrogen and oxygen atoms in total. The van der Waals surface area contributed by atoms with Crippen LogP contribution in [0.4, 0.5) is 0 Å². The molecular formula is C26H29ClN2O6S. The van der Waals surface area contributed by atoms with Crippen molar-refractivity contribution in [2.45, 2.75) is 31.7 Å². The Morgan fingerprint density at radius 3 is 2.47 bits per heavy atom. The van der Waals surface area contributed by atoms with Crippen molar-refractivity contribution in [2.24, 2.45) is 12.5 Å². The number of rotatable bonds is 8. The first-order valence-electron chi connectivity index (χ1n) is 11.5. The van der Waals surface area contributed by atoms with Crippen LogP contribution < -0.4 is 5.32 Å². The maximum Gasteiger partial charge on any atom is 0.321 e. The van der Waals surface area contributed by atoms with Crippen molar-refractivity contribution >= 4 is 44.2 Å². The van der Waals surface area contributed by atoms with Gasteiger partial charge in [0.05, 0.1) is 34.7 Å². The van der Waals surface area contributed by atoms with E-state index in [1.165, 1.54) is 12.1 Å². The Bertz CT molecular complexity index is 1420. The zero-order valence-corrected chi connectivity index (χ0v) is 22.2. The number of ether oxygens (including phenoxy) is 2. The molecule has 0 aliphatic carbocycles. The van der Waals surface area contributed by atoms with E-state index in [0.29, 0.717) is 23.9 Å². The van der Waals surface area contributed by atoms with Crippen LogP contribution in [0.2, 0.25) is 5.02 Å². The second-order valence-corrected chi connectivity index (χ2v) is 12.2. The van der Waals surface area contributed by atoms with Gasteiger partial charge in [-0.05, 0) is 55.3 Å². The van der Waals surface area contributed by atoms with Gasteiger partial charge in [0, 0.05) is 17.8 Å². The predicted octanol–water partition coefficient (Wildman–Crippen LogP) is 3.98. The standard InChI is InChI=1S/C26H29ClN2O6S/c1-16-9-21(27)20-11-23(29(4)22(20)10-16)25(31)28-17(2)18-5-7-19(8-6-18)36(32,33)12-24(30)35-15-26(3)13-34-14-26/h5-11,17H,12-15H2,1-4H3,(H,28,31)/t17-/m1/s1. The summed E-state index contributed by atoms with van der Waals surface area (Å²) in [6.45, 7) is 6.75. The third kappa shape index (κ3) is 5.43. The number of benzene rings is 2. The summed E-state index contributed by atoms with van der Waals surface area (Å²) in [5, 5.41) is 4.32. The van der Waals surface area contributed by atoms with E-state index < -0.39 is 21.6 Å². The van der Waals surface area contributed by atoms with Crippen molar-refractivity contribution in [1.82, 2.24) is 9.88 Å². The van der Waals surface area contributed by atoms with Gasteiger partial charge in [-0.25, -0.2) is 8.42 Å². The van der Waals surface area contributed by atoms with Crippen LogP contribution in [0.5, 0.6) is 0 Å². The summed E-state index contributed by atoms with van der Waals surface area (Å²) in [4.78, 5) is 25.1. The SMILES string of the molecule is Cc1cc(Cl)c2cc(C(=O)N[C@H](C)c3ccc(S(=O)(=O)CC(=O)OCC4(C)COC4)cc3)n(C)c2c1. The molecule has 0 unspecified atom stereocenters. The highest BCUT2D eigenvalue weighted by Crippen LogP contribution is 2.29. The third-order valence-corrected chi connectivity index (χ3v) is 8.28. The summed E-state index contributed by atoms with van der Waals surface area (Å²) in [5.74, 6) is -1.81. The van der Waals surface area contributed by atoms with Crippen LogP contribution in [0.15, 0.2) is 47.4 Å². The number of esters is 1. The second kappa shape index (κ2) is 9.88. The summed E-state index contributed by atoms with van der Waals surface area (Å²) in [5.41, 5.74) is 2.79. The topological polar surface area (TPSA) is 104 Å². The average Bonchev–Trinajstić information content (AvgIpc) is 3.13. The smallest absolute Gasteiger partial charge is 0.321 e. The quantitative estimate of drug-likeness (QED) is 0.440. The number of amides is 1. The largest absolute Gasteiger partial charge is 0.464 e. The van der Waals surface area contributed by atoms with Crippen molar-refractivity contribution < 1.29 is 27.5 Å². The van der Waals surface area contributed by atoms with Crippen LogP contribution in [0, 0.1) is 12.3 Å². The molecule has 2 heterocycles.